The van der Waals surface area contributed by atoms with Crippen molar-refractivity contribution >= 4 is 17.6 Å². The maximum atomic E-state index is 11.5. The number of carbonyl (C=O) groups excluding carboxylic acids is 1. The Labute approximate surface area is 106 Å². The predicted molar refractivity (Wildman–Crippen MR) is 67.0 cm³/mol. The molecule has 1 aromatic rings. The zero-order chi connectivity index (χ0) is 12.4. The van der Waals surface area contributed by atoms with Crippen LogP contribution < -0.4 is 0 Å². The highest BCUT2D eigenvalue weighted by Gasteiger charge is 2.38. The molecule has 2 atom stereocenters. The molecule has 1 unspecified atom stereocenters. The lowest BCUT2D eigenvalue weighted by atomic mass is 9.96. The molecule has 17 heavy (non-hydrogen) atoms. The van der Waals surface area contributed by atoms with Crippen LogP contribution in [0.15, 0.2) is 24.3 Å². The van der Waals surface area contributed by atoms with Gasteiger partial charge < -0.3 is 4.74 Å². The van der Waals surface area contributed by atoms with Gasteiger partial charge >= 0.3 is 5.97 Å². The number of ether oxygens (including phenoxy) is 1. The molecule has 0 aromatic heterocycles. The van der Waals surface area contributed by atoms with Gasteiger partial charge in [-0.05, 0) is 31.0 Å². The van der Waals surface area contributed by atoms with Gasteiger partial charge in [0.05, 0.1) is 7.11 Å². The lowest BCUT2D eigenvalue weighted by Gasteiger charge is -2.43. The van der Waals surface area contributed by atoms with Gasteiger partial charge in [0.1, 0.15) is 6.04 Å². The van der Waals surface area contributed by atoms with Crippen molar-refractivity contribution in [3.8, 4) is 0 Å². The van der Waals surface area contributed by atoms with E-state index in [-0.39, 0.29) is 18.1 Å². The molecule has 0 radical (unpaired) electrons. The molecule has 1 aliphatic heterocycles. The minimum Gasteiger partial charge on any atom is -0.468 e. The van der Waals surface area contributed by atoms with Crippen molar-refractivity contribution in [3.05, 3.63) is 34.9 Å². The van der Waals surface area contributed by atoms with Crippen molar-refractivity contribution in [2.75, 3.05) is 13.7 Å². The Morgan fingerprint density at radius 2 is 2.12 bits per heavy atom. The standard InChI is InChI=1S/C13H16ClNO2/c1-9(10-3-5-11(14)6-4-10)15-8-7-12(15)13(16)17-2/h3-6,9,12H,7-8H2,1-2H3/t9-,12?/m1/s1. The second-order valence-electron chi connectivity index (χ2n) is 4.29. The van der Waals surface area contributed by atoms with Gasteiger partial charge in [0.15, 0.2) is 0 Å². The molecule has 0 bridgehead atoms. The first-order valence-corrected chi connectivity index (χ1v) is 6.10. The molecule has 1 saturated heterocycles. The molecule has 0 spiro atoms. The van der Waals surface area contributed by atoms with Crippen LogP contribution >= 0.6 is 11.6 Å². The summed E-state index contributed by atoms with van der Waals surface area (Å²) in [6.45, 7) is 3.03. The van der Waals surface area contributed by atoms with Crippen molar-refractivity contribution in [3.63, 3.8) is 0 Å². The maximum Gasteiger partial charge on any atom is 0.323 e. The number of nitrogens with zero attached hydrogens (tertiary/aromatic N) is 1. The van der Waals surface area contributed by atoms with E-state index < -0.39 is 0 Å². The Bertz CT molecular complexity index is 404. The Morgan fingerprint density at radius 3 is 2.59 bits per heavy atom. The van der Waals surface area contributed by atoms with Crippen LogP contribution in [0.1, 0.15) is 24.9 Å². The topological polar surface area (TPSA) is 29.5 Å². The molecule has 4 heteroatoms. The van der Waals surface area contributed by atoms with Crippen LogP contribution in [0.2, 0.25) is 5.02 Å². The molecule has 1 aliphatic rings. The van der Waals surface area contributed by atoms with Crippen LogP contribution in [-0.2, 0) is 9.53 Å². The van der Waals surface area contributed by atoms with Gasteiger partial charge in [-0.1, -0.05) is 23.7 Å². The van der Waals surface area contributed by atoms with E-state index in [0.717, 1.165) is 18.0 Å². The third kappa shape index (κ3) is 2.45. The van der Waals surface area contributed by atoms with Gasteiger partial charge in [0.25, 0.3) is 0 Å². The third-order valence-corrected chi connectivity index (χ3v) is 3.64. The van der Waals surface area contributed by atoms with E-state index in [1.807, 2.05) is 24.3 Å². The molecule has 1 aromatic carbocycles. The molecular weight excluding hydrogens is 238 g/mol. The van der Waals surface area contributed by atoms with Gasteiger partial charge in [-0.15, -0.1) is 0 Å². The van der Waals surface area contributed by atoms with Gasteiger partial charge in [-0.3, -0.25) is 9.69 Å². The second-order valence-corrected chi connectivity index (χ2v) is 4.73. The first-order valence-electron chi connectivity index (χ1n) is 5.72. The largest absolute Gasteiger partial charge is 0.468 e. The average Bonchev–Trinajstić information content (AvgIpc) is 2.28. The second kappa shape index (κ2) is 5.07. The Hall–Kier alpha value is -1.06. The van der Waals surface area contributed by atoms with Crippen molar-refractivity contribution in [1.29, 1.82) is 0 Å². The summed E-state index contributed by atoms with van der Waals surface area (Å²) in [6.07, 6.45) is 0.880. The van der Waals surface area contributed by atoms with Crippen LogP contribution in [-0.4, -0.2) is 30.6 Å². The highest BCUT2D eigenvalue weighted by atomic mass is 35.5. The van der Waals surface area contributed by atoms with Crippen LogP contribution in [0.3, 0.4) is 0 Å². The molecular formula is C13H16ClNO2. The maximum absolute atomic E-state index is 11.5. The van der Waals surface area contributed by atoms with Gasteiger partial charge in [0.2, 0.25) is 0 Å². The Kier molecular flexibility index (Phi) is 3.69. The van der Waals surface area contributed by atoms with Crippen molar-refractivity contribution < 1.29 is 9.53 Å². The lowest BCUT2D eigenvalue weighted by Crippen LogP contribution is -2.53. The molecule has 0 saturated carbocycles. The zero-order valence-electron chi connectivity index (χ0n) is 10.0. The fourth-order valence-corrected chi connectivity index (χ4v) is 2.32. The van der Waals surface area contributed by atoms with Crippen LogP contribution in [0.4, 0.5) is 0 Å². The molecule has 0 aliphatic carbocycles. The molecule has 92 valence electrons. The van der Waals surface area contributed by atoms with Gasteiger partial charge in [0, 0.05) is 17.6 Å². The number of hydrogen-bond donors (Lipinski definition) is 0. The summed E-state index contributed by atoms with van der Waals surface area (Å²) in [7, 11) is 1.44. The molecule has 1 heterocycles. The number of likely N-dealkylation sites (tertiary alicyclic amines) is 1. The highest BCUT2D eigenvalue weighted by molar-refractivity contribution is 6.30. The number of benzene rings is 1. The quantitative estimate of drug-likeness (QED) is 0.776. The van der Waals surface area contributed by atoms with Crippen molar-refractivity contribution in [2.45, 2.75) is 25.4 Å². The fraction of sp³-hybridized carbons (Fsp3) is 0.462. The Balaban J connectivity index is 2.07. The average molecular weight is 254 g/mol. The van der Waals surface area contributed by atoms with E-state index in [9.17, 15) is 4.79 Å². The normalized spacial score (nSPS) is 21.7. The van der Waals surface area contributed by atoms with E-state index in [4.69, 9.17) is 16.3 Å². The Morgan fingerprint density at radius 1 is 1.47 bits per heavy atom. The van der Waals surface area contributed by atoms with Crippen LogP contribution in [0, 0.1) is 0 Å². The molecule has 0 amide bonds. The molecule has 3 nitrogen and oxygen atoms in total. The number of halogens is 1. The van der Waals surface area contributed by atoms with Gasteiger partial charge in [-0.2, -0.15) is 0 Å². The van der Waals surface area contributed by atoms with Crippen molar-refractivity contribution in [2.24, 2.45) is 0 Å². The molecule has 0 N–H and O–H groups in total. The SMILES string of the molecule is COC(=O)C1CCN1[C@H](C)c1ccc(Cl)cc1. The minimum absolute atomic E-state index is 0.0920. The summed E-state index contributed by atoms with van der Waals surface area (Å²) in [5, 5.41) is 0.731. The summed E-state index contributed by atoms with van der Waals surface area (Å²) >= 11 is 5.86. The monoisotopic (exact) mass is 253 g/mol. The minimum atomic E-state index is -0.142. The fourth-order valence-electron chi connectivity index (χ4n) is 2.19. The van der Waals surface area contributed by atoms with E-state index in [0.29, 0.717) is 0 Å². The predicted octanol–water partition coefficient (Wildman–Crippen LogP) is 2.65. The number of esters is 1. The summed E-state index contributed by atoms with van der Waals surface area (Å²) in [5.41, 5.74) is 1.17. The summed E-state index contributed by atoms with van der Waals surface area (Å²) < 4.78 is 4.79. The first-order chi connectivity index (χ1) is 8.13. The number of carbonyl (C=O) groups is 1. The van der Waals surface area contributed by atoms with Crippen LogP contribution in [0.5, 0.6) is 0 Å². The van der Waals surface area contributed by atoms with E-state index in [1.165, 1.54) is 12.7 Å². The zero-order valence-corrected chi connectivity index (χ0v) is 10.8. The smallest absolute Gasteiger partial charge is 0.323 e. The van der Waals surface area contributed by atoms with E-state index in [2.05, 4.69) is 11.8 Å². The number of rotatable bonds is 3. The van der Waals surface area contributed by atoms with E-state index in [1.54, 1.807) is 0 Å². The highest BCUT2D eigenvalue weighted by Crippen LogP contribution is 2.31. The van der Waals surface area contributed by atoms with Crippen LogP contribution in [0.25, 0.3) is 0 Å². The number of hydrogen-bond acceptors (Lipinski definition) is 3. The molecule has 2 rings (SSSR count). The first kappa shape index (κ1) is 12.4. The lowest BCUT2D eigenvalue weighted by molar-refractivity contribution is -0.153. The number of methoxy groups -OCH3 is 1. The summed E-state index contributed by atoms with van der Waals surface area (Å²) in [4.78, 5) is 13.7. The van der Waals surface area contributed by atoms with Crippen molar-refractivity contribution in [1.82, 2.24) is 4.90 Å². The van der Waals surface area contributed by atoms with E-state index >= 15 is 0 Å². The summed E-state index contributed by atoms with van der Waals surface area (Å²) in [5.74, 6) is -0.142. The van der Waals surface area contributed by atoms with Gasteiger partial charge in [-0.25, -0.2) is 0 Å². The summed E-state index contributed by atoms with van der Waals surface area (Å²) in [6, 6.07) is 7.87. The molecule has 1 fully saturated rings. The third-order valence-electron chi connectivity index (χ3n) is 3.38.